The molecule has 6 heteroatoms. The number of esters is 1. The molecule has 1 N–H and O–H groups in total. The van der Waals surface area contributed by atoms with Crippen LogP contribution in [0.3, 0.4) is 0 Å². The van der Waals surface area contributed by atoms with E-state index in [2.05, 4.69) is 15.9 Å². The van der Waals surface area contributed by atoms with Gasteiger partial charge in [0.15, 0.2) is 0 Å². The number of allylic oxidation sites excluding steroid dienone is 1. The Morgan fingerprint density at radius 1 is 1.25 bits per heavy atom. The van der Waals surface area contributed by atoms with Gasteiger partial charge in [-0.2, -0.15) is 0 Å². The van der Waals surface area contributed by atoms with Crippen LogP contribution >= 0.6 is 15.9 Å². The first-order valence-electron chi connectivity index (χ1n) is 6.96. The molecule has 24 heavy (non-hydrogen) atoms. The van der Waals surface area contributed by atoms with Gasteiger partial charge in [0.05, 0.1) is 7.11 Å². The van der Waals surface area contributed by atoms with Crippen LogP contribution in [-0.2, 0) is 9.53 Å². The van der Waals surface area contributed by atoms with E-state index in [-0.39, 0.29) is 21.7 Å². The summed E-state index contributed by atoms with van der Waals surface area (Å²) in [4.78, 5) is 12.0. The van der Waals surface area contributed by atoms with Gasteiger partial charge in [0.25, 0.3) is 0 Å². The smallest absolute Gasteiger partial charge is 0.351 e. The van der Waals surface area contributed by atoms with Crippen molar-refractivity contribution < 1.29 is 23.8 Å². The number of phenols is 1. The lowest BCUT2D eigenvalue weighted by molar-refractivity contribution is -0.132. The quantitative estimate of drug-likeness (QED) is 0.796. The highest BCUT2D eigenvalue weighted by atomic mass is 79.9. The summed E-state index contributed by atoms with van der Waals surface area (Å²) in [6.45, 7) is 0. The molecule has 1 aliphatic heterocycles. The van der Waals surface area contributed by atoms with Crippen LogP contribution < -0.4 is 4.74 Å². The van der Waals surface area contributed by atoms with Crippen molar-refractivity contribution in [3.63, 3.8) is 0 Å². The molecule has 3 rings (SSSR count). The highest BCUT2D eigenvalue weighted by Gasteiger charge is 2.31. The van der Waals surface area contributed by atoms with Gasteiger partial charge >= 0.3 is 5.97 Å². The van der Waals surface area contributed by atoms with Gasteiger partial charge in [-0.3, -0.25) is 0 Å². The Kier molecular flexibility index (Phi) is 4.40. The molecule has 2 aromatic carbocycles. The molecule has 122 valence electrons. The van der Waals surface area contributed by atoms with E-state index in [9.17, 15) is 14.3 Å². The topological polar surface area (TPSA) is 55.8 Å². The standard InChI is InChI=1S/C18H12BrFO4/c1-23-14-9-11(20)5-6-13(14)16-15(24-18(22)17(16)19)8-10-3-2-4-12(21)7-10/h2-9,21H,1H3/b15-8-. The normalized spacial score (nSPS) is 15.8. The molecular formula is C18H12BrFO4. The highest BCUT2D eigenvalue weighted by molar-refractivity contribution is 9.12. The zero-order valence-electron chi connectivity index (χ0n) is 12.5. The third-order valence-corrected chi connectivity index (χ3v) is 4.17. The van der Waals surface area contributed by atoms with Crippen molar-refractivity contribution in [1.29, 1.82) is 0 Å². The molecule has 0 saturated carbocycles. The molecule has 0 saturated heterocycles. The van der Waals surface area contributed by atoms with Gasteiger partial charge in [0.2, 0.25) is 0 Å². The van der Waals surface area contributed by atoms with Crippen molar-refractivity contribution >= 4 is 33.5 Å². The van der Waals surface area contributed by atoms with Crippen molar-refractivity contribution in [1.82, 2.24) is 0 Å². The van der Waals surface area contributed by atoms with Crippen LogP contribution in [0.2, 0.25) is 0 Å². The largest absolute Gasteiger partial charge is 0.508 e. The van der Waals surface area contributed by atoms with Gasteiger partial charge in [-0.25, -0.2) is 9.18 Å². The van der Waals surface area contributed by atoms with Gasteiger partial charge in [-0.15, -0.1) is 0 Å². The number of halogens is 2. The van der Waals surface area contributed by atoms with E-state index in [0.29, 0.717) is 16.7 Å². The second-order valence-corrected chi connectivity index (χ2v) is 5.82. The Morgan fingerprint density at radius 2 is 2.04 bits per heavy atom. The first-order chi connectivity index (χ1) is 11.5. The molecule has 0 fully saturated rings. The van der Waals surface area contributed by atoms with Crippen LogP contribution in [0.5, 0.6) is 11.5 Å². The number of aromatic hydroxyl groups is 1. The zero-order valence-corrected chi connectivity index (χ0v) is 14.1. The number of carbonyl (C=O) groups is 1. The van der Waals surface area contributed by atoms with E-state index in [1.165, 1.54) is 31.4 Å². The monoisotopic (exact) mass is 390 g/mol. The minimum Gasteiger partial charge on any atom is -0.508 e. The SMILES string of the molecule is COc1cc(F)ccc1C1=C(Br)C(=O)O/C1=C\c1cccc(O)c1. The predicted octanol–water partition coefficient (Wildman–Crippen LogP) is 4.24. The Labute approximate surface area is 146 Å². The minimum absolute atomic E-state index is 0.0950. The molecular weight excluding hydrogens is 379 g/mol. The lowest BCUT2D eigenvalue weighted by atomic mass is 10.0. The van der Waals surface area contributed by atoms with E-state index in [4.69, 9.17) is 9.47 Å². The molecule has 0 bridgehead atoms. The minimum atomic E-state index is -0.553. The summed E-state index contributed by atoms with van der Waals surface area (Å²) >= 11 is 3.22. The molecule has 0 atom stereocenters. The van der Waals surface area contributed by atoms with E-state index in [0.717, 1.165) is 0 Å². The van der Waals surface area contributed by atoms with Crippen LogP contribution in [0, 0.1) is 5.82 Å². The zero-order chi connectivity index (χ0) is 17.3. The van der Waals surface area contributed by atoms with Crippen molar-refractivity contribution in [2.75, 3.05) is 7.11 Å². The molecule has 0 aromatic heterocycles. The van der Waals surface area contributed by atoms with Crippen LogP contribution in [0.4, 0.5) is 4.39 Å². The average Bonchev–Trinajstić information content (AvgIpc) is 2.82. The fourth-order valence-electron chi connectivity index (χ4n) is 2.40. The van der Waals surface area contributed by atoms with Gasteiger partial charge in [-0.05, 0) is 51.8 Å². The summed E-state index contributed by atoms with van der Waals surface area (Å²) in [7, 11) is 1.42. The highest BCUT2D eigenvalue weighted by Crippen LogP contribution is 2.42. The molecule has 0 aliphatic carbocycles. The average molecular weight is 391 g/mol. The number of methoxy groups -OCH3 is 1. The van der Waals surface area contributed by atoms with Gasteiger partial charge in [-0.1, -0.05) is 12.1 Å². The van der Waals surface area contributed by atoms with E-state index in [1.54, 1.807) is 24.3 Å². The predicted molar refractivity (Wildman–Crippen MR) is 91.0 cm³/mol. The van der Waals surface area contributed by atoms with Crippen molar-refractivity contribution in [3.05, 3.63) is 69.7 Å². The maximum absolute atomic E-state index is 13.4. The molecule has 1 heterocycles. The number of hydrogen-bond donors (Lipinski definition) is 1. The first-order valence-corrected chi connectivity index (χ1v) is 7.76. The van der Waals surface area contributed by atoms with Crippen molar-refractivity contribution in [2.24, 2.45) is 0 Å². The number of carbonyl (C=O) groups excluding carboxylic acids is 1. The summed E-state index contributed by atoms with van der Waals surface area (Å²) < 4.78 is 24.2. The van der Waals surface area contributed by atoms with E-state index >= 15 is 0 Å². The first kappa shape index (κ1) is 16.3. The number of ether oxygens (including phenoxy) is 2. The molecule has 0 radical (unpaired) electrons. The Balaban J connectivity index is 2.14. The van der Waals surface area contributed by atoms with Gasteiger partial charge in [0.1, 0.15) is 27.6 Å². The summed E-state index contributed by atoms with van der Waals surface area (Å²) in [6.07, 6.45) is 1.62. The molecule has 0 unspecified atom stereocenters. The van der Waals surface area contributed by atoms with Crippen LogP contribution in [-0.4, -0.2) is 18.2 Å². The summed E-state index contributed by atoms with van der Waals surface area (Å²) in [5, 5.41) is 9.57. The maximum Gasteiger partial charge on any atom is 0.351 e. The Bertz CT molecular complexity index is 886. The van der Waals surface area contributed by atoms with Gasteiger partial charge < -0.3 is 14.6 Å². The number of benzene rings is 2. The Hall–Kier alpha value is -2.60. The molecule has 0 amide bonds. The fourth-order valence-corrected chi connectivity index (χ4v) is 2.89. The second-order valence-electron chi connectivity index (χ2n) is 5.03. The molecule has 2 aromatic rings. The summed E-state index contributed by atoms with van der Waals surface area (Å²) in [5.41, 5.74) is 1.63. The lowest BCUT2D eigenvalue weighted by Crippen LogP contribution is -1.94. The third kappa shape index (κ3) is 3.05. The fraction of sp³-hybridized carbons (Fsp3) is 0.0556. The van der Waals surface area contributed by atoms with Crippen LogP contribution in [0.25, 0.3) is 11.6 Å². The van der Waals surface area contributed by atoms with Crippen molar-refractivity contribution in [3.8, 4) is 11.5 Å². The molecule has 0 spiro atoms. The van der Waals surface area contributed by atoms with E-state index in [1.807, 2.05) is 0 Å². The van der Waals surface area contributed by atoms with Crippen LogP contribution in [0.1, 0.15) is 11.1 Å². The number of hydrogen-bond acceptors (Lipinski definition) is 4. The molecule has 1 aliphatic rings. The summed E-state index contributed by atoms with van der Waals surface area (Å²) in [6, 6.07) is 10.5. The lowest BCUT2D eigenvalue weighted by Gasteiger charge is -2.10. The number of cyclic esters (lactones) is 1. The maximum atomic E-state index is 13.4. The Morgan fingerprint density at radius 3 is 2.75 bits per heavy atom. The third-order valence-electron chi connectivity index (χ3n) is 3.45. The van der Waals surface area contributed by atoms with Crippen LogP contribution in [0.15, 0.2) is 52.7 Å². The van der Waals surface area contributed by atoms with E-state index < -0.39 is 11.8 Å². The summed E-state index contributed by atoms with van der Waals surface area (Å²) in [5.74, 6) is -0.346. The van der Waals surface area contributed by atoms with Gasteiger partial charge in [0, 0.05) is 17.2 Å². The van der Waals surface area contributed by atoms with Crippen molar-refractivity contribution in [2.45, 2.75) is 0 Å². The molecule has 4 nitrogen and oxygen atoms in total. The second kappa shape index (κ2) is 6.49. The number of phenolic OH excluding ortho intramolecular Hbond substituents is 1. The number of rotatable bonds is 3.